The van der Waals surface area contributed by atoms with Gasteiger partial charge >= 0.3 is 99.9 Å². The van der Waals surface area contributed by atoms with E-state index in [2.05, 4.69) is 0 Å². The molecule has 0 aromatic heterocycles. The van der Waals surface area contributed by atoms with Gasteiger partial charge in [0.1, 0.15) is 0 Å². The predicted octanol–water partition coefficient (Wildman–Crippen LogP) is 4.45. The number of benzene rings is 1. The van der Waals surface area contributed by atoms with Crippen LogP contribution in [-0.4, -0.2) is 4.18 Å². The Balaban J connectivity index is 2.52. The van der Waals surface area contributed by atoms with Crippen LogP contribution in [-0.2, 0) is 8.67 Å². The molecule has 0 N–H and O–H groups in total. The standard InChI is InChI=1S/C11H12F3IO/c1-3-10(2)8-6-4-5-7-9(8)15(16-10)11(12,13)14/h4-7H,3H2,1-2H3. The predicted molar refractivity (Wildman–Crippen MR) is 63.9 cm³/mol. The van der Waals surface area contributed by atoms with Crippen molar-refractivity contribution >= 4 is 20.2 Å². The molecule has 0 amide bonds. The van der Waals surface area contributed by atoms with Crippen molar-refractivity contribution in [2.75, 3.05) is 0 Å². The minimum absolute atomic E-state index is 0.406. The van der Waals surface area contributed by atoms with E-state index in [1.807, 2.05) is 6.92 Å². The first-order valence-electron chi connectivity index (χ1n) is 4.94. The number of alkyl halides is 4. The van der Waals surface area contributed by atoms with Crippen molar-refractivity contribution in [3.05, 3.63) is 33.4 Å². The normalized spacial score (nSPS) is 26.9. The van der Waals surface area contributed by atoms with E-state index in [1.54, 1.807) is 31.2 Å². The van der Waals surface area contributed by atoms with E-state index in [-0.39, 0.29) is 0 Å². The Morgan fingerprint density at radius 3 is 2.50 bits per heavy atom. The van der Waals surface area contributed by atoms with Gasteiger partial charge in [-0.25, -0.2) is 0 Å². The fourth-order valence-electron chi connectivity index (χ4n) is 1.70. The molecule has 1 atom stereocenters. The van der Waals surface area contributed by atoms with Crippen LogP contribution in [0.15, 0.2) is 24.3 Å². The fraction of sp³-hybridized carbons (Fsp3) is 0.455. The Hall–Kier alpha value is -0.300. The second-order valence-electron chi connectivity index (χ2n) is 3.82. The van der Waals surface area contributed by atoms with Crippen LogP contribution in [0, 0.1) is 3.57 Å². The topological polar surface area (TPSA) is 9.23 Å². The molecule has 1 unspecified atom stereocenters. The van der Waals surface area contributed by atoms with Gasteiger partial charge in [-0.05, 0) is 0 Å². The molecule has 16 heavy (non-hydrogen) atoms. The van der Waals surface area contributed by atoms with Crippen LogP contribution in [0.2, 0.25) is 0 Å². The van der Waals surface area contributed by atoms with Gasteiger partial charge in [-0.2, -0.15) is 0 Å². The summed E-state index contributed by atoms with van der Waals surface area (Å²) in [5.41, 5.74) is -0.0308. The summed E-state index contributed by atoms with van der Waals surface area (Å²) in [4.78, 5) is 0. The van der Waals surface area contributed by atoms with E-state index >= 15 is 0 Å². The van der Waals surface area contributed by atoms with Crippen LogP contribution in [0.5, 0.6) is 0 Å². The van der Waals surface area contributed by atoms with Crippen LogP contribution in [0.25, 0.3) is 0 Å². The molecule has 1 heterocycles. The van der Waals surface area contributed by atoms with Crippen LogP contribution in [0.4, 0.5) is 13.2 Å². The first-order chi connectivity index (χ1) is 7.38. The molecule has 5 heteroatoms. The number of hydrogen-bond donors (Lipinski definition) is 0. The van der Waals surface area contributed by atoms with Crippen molar-refractivity contribution in [1.82, 2.24) is 0 Å². The van der Waals surface area contributed by atoms with Gasteiger partial charge in [0.15, 0.2) is 0 Å². The zero-order valence-electron chi connectivity index (χ0n) is 8.94. The molecule has 1 nitrogen and oxygen atoms in total. The first-order valence-corrected chi connectivity index (χ1v) is 7.98. The van der Waals surface area contributed by atoms with Crippen LogP contribution in [0.3, 0.4) is 0 Å². The second-order valence-corrected chi connectivity index (χ2v) is 8.06. The zero-order valence-corrected chi connectivity index (χ0v) is 11.1. The third-order valence-electron chi connectivity index (χ3n) is 2.75. The van der Waals surface area contributed by atoms with E-state index < -0.39 is 30.0 Å². The number of rotatable bonds is 1. The van der Waals surface area contributed by atoms with Gasteiger partial charge in [0, 0.05) is 0 Å². The van der Waals surface area contributed by atoms with Crippen molar-refractivity contribution in [2.24, 2.45) is 0 Å². The summed E-state index contributed by atoms with van der Waals surface area (Å²) in [6.07, 6.45) is 0.564. The summed E-state index contributed by atoms with van der Waals surface area (Å²) in [5, 5.41) is 0. The van der Waals surface area contributed by atoms with Gasteiger partial charge < -0.3 is 0 Å². The van der Waals surface area contributed by atoms with Crippen molar-refractivity contribution in [3.63, 3.8) is 0 Å². The van der Waals surface area contributed by atoms with Gasteiger partial charge in [0.05, 0.1) is 0 Å². The Morgan fingerprint density at radius 1 is 1.31 bits per heavy atom. The molecular weight excluding hydrogens is 332 g/mol. The maximum absolute atomic E-state index is 12.9. The van der Waals surface area contributed by atoms with Gasteiger partial charge in [-0.3, -0.25) is 0 Å². The average Bonchev–Trinajstić information content (AvgIpc) is 2.54. The molecule has 0 bridgehead atoms. The third-order valence-corrected chi connectivity index (χ3v) is 7.26. The summed E-state index contributed by atoms with van der Waals surface area (Å²) >= 11 is -3.50. The van der Waals surface area contributed by atoms with Crippen LogP contribution < -0.4 is 0 Å². The molecule has 1 aromatic rings. The van der Waals surface area contributed by atoms with Crippen molar-refractivity contribution in [3.8, 4) is 0 Å². The fourth-order valence-corrected chi connectivity index (χ4v) is 6.18. The second kappa shape index (κ2) is 3.87. The maximum atomic E-state index is 12.9. The zero-order chi connectivity index (χ0) is 12.0. The Labute approximate surface area is 99.9 Å². The summed E-state index contributed by atoms with van der Waals surface area (Å²) in [7, 11) is 0. The molecule has 0 radical (unpaired) electrons. The van der Waals surface area contributed by atoms with Gasteiger partial charge in [-0.15, -0.1) is 0 Å². The monoisotopic (exact) mass is 344 g/mol. The Kier molecular flexibility index (Phi) is 2.94. The molecule has 1 aliphatic heterocycles. The average molecular weight is 344 g/mol. The number of halogens is 4. The van der Waals surface area contributed by atoms with Crippen molar-refractivity contribution in [1.29, 1.82) is 0 Å². The molecular formula is C11H12F3IO. The van der Waals surface area contributed by atoms with E-state index in [0.717, 1.165) is 5.56 Å². The van der Waals surface area contributed by atoms with E-state index in [9.17, 15) is 13.2 Å². The Bertz CT molecular complexity index is 404. The van der Waals surface area contributed by atoms with E-state index in [1.165, 1.54) is 0 Å². The summed E-state index contributed by atoms with van der Waals surface area (Å²) < 4.78 is 40.2. The Morgan fingerprint density at radius 2 is 1.94 bits per heavy atom. The van der Waals surface area contributed by atoms with E-state index in [4.69, 9.17) is 3.07 Å². The summed E-state index contributed by atoms with van der Waals surface area (Å²) in [6, 6.07) is 6.74. The van der Waals surface area contributed by atoms with Crippen LogP contribution >= 0.6 is 20.2 Å². The molecule has 1 aromatic carbocycles. The van der Waals surface area contributed by atoms with Crippen molar-refractivity contribution < 1.29 is 16.2 Å². The molecule has 0 aliphatic carbocycles. The van der Waals surface area contributed by atoms with Gasteiger partial charge in [-0.1, -0.05) is 0 Å². The quantitative estimate of drug-likeness (QED) is 0.540. The third kappa shape index (κ3) is 1.84. The number of fused-ring (bicyclic) bond motifs is 1. The minimum atomic E-state index is -4.19. The van der Waals surface area contributed by atoms with Crippen molar-refractivity contribution in [2.45, 2.75) is 30.1 Å². The van der Waals surface area contributed by atoms with Gasteiger partial charge in [0.2, 0.25) is 0 Å². The molecule has 2 rings (SSSR count). The van der Waals surface area contributed by atoms with Gasteiger partial charge in [0.25, 0.3) is 0 Å². The first kappa shape index (κ1) is 12.2. The summed E-state index contributed by atoms with van der Waals surface area (Å²) in [5.74, 6) is 0. The molecule has 0 saturated carbocycles. The molecule has 0 fully saturated rings. The van der Waals surface area contributed by atoms with E-state index in [0.29, 0.717) is 9.99 Å². The van der Waals surface area contributed by atoms with Crippen LogP contribution in [0.1, 0.15) is 25.8 Å². The SMILES string of the molecule is CCC1(C)OI(C(F)(F)F)c2ccccc21. The number of hydrogen-bond acceptors (Lipinski definition) is 1. The molecule has 0 spiro atoms. The molecule has 1 aliphatic rings. The molecule has 0 saturated heterocycles. The molecule has 90 valence electrons. The summed E-state index contributed by atoms with van der Waals surface area (Å²) in [6.45, 7) is 3.60.